The number of nitrogens with two attached hydrogens (primary N) is 1. The van der Waals surface area contributed by atoms with Gasteiger partial charge in [0.1, 0.15) is 0 Å². The molecule has 5 aliphatic carbocycles. The highest BCUT2D eigenvalue weighted by molar-refractivity contribution is 5.77. The lowest BCUT2D eigenvalue weighted by molar-refractivity contribution is 0.545. The van der Waals surface area contributed by atoms with Gasteiger partial charge in [-0.1, -0.05) is 103 Å². The van der Waals surface area contributed by atoms with Crippen molar-refractivity contribution in [2.24, 2.45) is 11.7 Å². The molecule has 43 heavy (non-hydrogen) atoms. The van der Waals surface area contributed by atoms with Crippen molar-refractivity contribution in [3.63, 3.8) is 0 Å². The molecule has 0 saturated heterocycles. The van der Waals surface area contributed by atoms with Crippen LogP contribution in [0.1, 0.15) is 105 Å². The largest absolute Gasteiger partial charge is 0.330 e. The molecule has 5 aliphatic rings. The molecule has 0 fully saturated rings. The predicted octanol–water partition coefficient (Wildman–Crippen LogP) is 10.6. The van der Waals surface area contributed by atoms with Gasteiger partial charge in [-0.05, 0) is 140 Å². The molecule has 2 aromatic carbocycles. The second-order valence-electron chi connectivity index (χ2n) is 13.3. The summed E-state index contributed by atoms with van der Waals surface area (Å²) in [6.45, 7) is 0.792. The minimum atomic E-state index is 0.500. The molecule has 0 saturated carbocycles. The van der Waals surface area contributed by atoms with E-state index >= 15 is 0 Å². The van der Waals surface area contributed by atoms with Gasteiger partial charge in [0.2, 0.25) is 0 Å². The van der Waals surface area contributed by atoms with E-state index in [0.29, 0.717) is 17.8 Å². The van der Waals surface area contributed by atoms with Crippen LogP contribution in [0.2, 0.25) is 0 Å². The summed E-state index contributed by atoms with van der Waals surface area (Å²) in [4.78, 5) is 0. The average molecular weight is 566 g/mol. The van der Waals surface area contributed by atoms with Crippen LogP contribution >= 0.6 is 0 Å². The highest BCUT2D eigenvalue weighted by atomic mass is 14.5. The van der Waals surface area contributed by atoms with E-state index in [0.717, 1.165) is 32.2 Å². The molecule has 0 bridgehead atoms. The van der Waals surface area contributed by atoms with Crippen LogP contribution in [0.5, 0.6) is 0 Å². The Bertz CT molecular complexity index is 1550. The number of hydrogen-bond acceptors (Lipinski definition) is 1. The lowest BCUT2D eigenvalue weighted by Gasteiger charge is -2.33. The van der Waals surface area contributed by atoms with Crippen molar-refractivity contribution in [3.05, 3.63) is 147 Å². The molecule has 0 aromatic heterocycles. The molecule has 2 N–H and O–H groups in total. The predicted molar refractivity (Wildman–Crippen MR) is 183 cm³/mol. The van der Waals surface area contributed by atoms with E-state index in [1.807, 2.05) is 0 Å². The second-order valence-corrected chi connectivity index (χ2v) is 13.3. The van der Waals surface area contributed by atoms with E-state index in [4.69, 9.17) is 5.73 Å². The van der Waals surface area contributed by atoms with E-state index in [2.05, 4.69) is 97.1 Å². The van der Waals surface area contributed by atoms with Gasteiger partial charge in [0, 0.05) is 11.8 Å². The first-order valence-corrected chi connectivity index (χ1v) is 17.0. The van der Waals surface area contributed by atoms with Crippen molar-refractivity contribution in [3.8, 4) is 0 Å². The number of unbranched alkanes of at least 4 members (excludes halogenated alkanes) is 1. The van der Waals surface area contributed by atoms with Crippen LogP contribution in [0, 0.1) is 5.92 Å². The Balaban J connectivity index is 1.08. The molecule has 0 spiro atoms. The number of allylic oxidation sites excluding steroid dienone is 14. The number of fused-ring (bicyclic) bond motifs is 1. The number of aryl methyl sites for hydroxylation is 1. The molecule has 7 rings (SSSR count). The summed E-state index contributed by atoms with van der Waals surface area (Å²) in [7, 11) is 0. The first-order valence-electron chi connectivity index (χ1n) is 17.0. The summed E-state index contributed by atoms with van der Waals surface area (Å²) in [6, 6.07) is 19.0. The Morgan fingerprint density at radius 3 is 2.35 bits per heavy atom. The lowest BCUT2D eigenvalue weighted by Crippen LogP contribution is -2.16. The lowest BCUT2D eigenvalue weighted by atomic mass is 9.72. The Morgan fingerprint density at radius 1 is 0.651 bits per heavy atom. The maximum Gasteiger partial charge on any atom is 0.00617 e. The van der Waals surface area contributed by atoms with E-state index in [9.17, 15) is 0 Å². The van der Waals surface area contributed by atoms with Gasteiger partial charge in [-0.15, -0.1) is 0 Å². The maximum absolute atomic E-state index is 5.71. The third kappa shape index (κ3) is 6.16. The first kappa shape index (κ1) is 28.4. The molecular formula is C42H47N. The highest BCUT2D eigenvalue weighted by Crippen LogP contribution is 2.46. The zero-order valence-electron chi connectivity index (χ0n) is 25.7. The van der Waals surface area contributed by atoms with Gasteiger partial charge in [-0.2, -0.15) is 0 Å². The zero-order chi connectivity index (χ0) is 29.0. The summed E-state index contributed by atoms with van der Waals surface area (Å²) in [5.74, 6) is 1.62. The van der Waals surface area contributed by atoms with Gasteiger partial charge < -0.3 is 5.73 Å². The number of hydrogen-bond donors (Lipinski definition) is 1. The number of benzene rings is 2. The van der Waals surface area contributed by atoms with Gasteiger partial charge >= 0.3 is 0 Å². The molecular weight excluding hydrogens is 518 g/mol. The van der Waals surface area contributed by atoms with Crippen LogP contribution in [-0.2, 0) is 6.42 Å². The third-order valence-electron chi connectivity index (χ3n) is 10.6. The van der Waals surface area contributed by atoms with Crippen LogP contribution < -0.4 is 5.73 Å². The molecule has 1 nitrogen and oxygen atoms in total. The molecule has 1 unspecified atom stereocenters. The summed E-state index contributed by atoms with van der Waals surface area (Å²) >= 11 is 0. The Hall–Kier alpha value is -3.42. The Kier molecular flexibility index (Phi) is 8.62. The number of rotatable bonds is 8. The molecule has 0 aliphatic heterocycles. The standard InChI is InChI=1S/C42H47N/c43-27-6-5-8-30-9-7-12-36(28-30)32-15-20-34(21-16-32)39-25-26-40(42-14-4-3-13-41(39)42)35-22-17-33(18-23-35)38-24-19-31-10-1-2-11-37(31)29-38/h2-3,7,9,11-13,15,17-20,22-24,28,32,34,38H,1,4-6,8,10,14,16,21,25-27,29,43H2/t32-,34?,38-/m0/s1. The molecule has 2 aromatic rings. The minimum absolute atomic E-state index is 0.500. The van der Waals surface area contributed by atoms with Crippen LogP contribution in [-0.4, -0.2) is 6.54 Å². The van der Waals surface area contributed by atoms with Crippen LogP contribution in [0.4, 0.5) is 0 Å². The molecule has 220 valence electrons. The van der Waals surface area contributed by atoms with Gasteiger partial charge in [0.05, 0.1) is 0 Å². The normalized spacial score (nSPS) is 24.9. The van der Waals surface area contributed by atoms with Gasteiger partial charge in [0.25, 0.3) is 0 Å². The topological polar surface area (TPSA) is 26.0 Å². The highest BCUT2D eigenvalue weighted by Gasteiger charge is 2.28. The van der Waals surface area contributed by atoms with E-state index in [1.54, 1.807) is 33.4 Å². The van der Waals surface area contributed by atoms with Crippen molar-refractivity contribution < 1.29 is 0 Å². The summed E-state index contributed by atoms with van der Waals surface area (Å²) in [5.41, 5.74) is 21.1. The molecule has 3 atom stereocenters. The first-order chi connectivity index (χ1) is 21.3. The Labute approximate surface area is 259 Å². The van der Waals surface area contributed by atoms with Gasteiger partial charge in [-0.25, -0.2) is 0 Å². The van der Waals surface area contributed by atoms with Gasteiger partial charge in [0.15, 0.2) is 0 Å². The molecule has 0 radical (unpaired) electrons. The zero-order valence-corrected chi connectivity index (χ0v) is 25.7. The third-order valence-corrected chi connectivity index (χ3v) is 10.6. The fourth-order valence-electron chi connectivity index (χ4n) is 8.19. The van der Waals surface area contributed by atoms with Crippen molar-refractivity contribution in [2.75, 3.05) is 6.54 Å². The van der Waals surface area contributed by atoms with Crippen molar-refractivity contribution >= 4 is 5.57 Å². The monoisotopic (exact) mass is 565 g/mol. The maximum atomic E-state index is 5.71. The van der Waals surface area contributed by atoms with Crippen molar-refractivity contribution in [1.82, 2.24) is 0 Å². The van der Waals surface area contributed by atoms with Crippen molar-refractivity contribution in [2.45, 2.75) is 88.9 Å². The summed E-state index contributed by atoms with van der Waals surface area (Å²) in [5, 5.41) is 0. The Morgan fingerprint density at radius 2 is 1.49 bits per heavy atom. The van der Waals surface area contributed by atoms with Crippen LogP contribution in [0.25, 0.3) is 5.57 Å². The second kappa shape index (κ2) is 13.1. The van der Waals surface area contributed by atoms with Crippen LogP contribution in [0.3, 0.4) is 0 Å². The van der Waals surface area contributed by atoms with E-state index < -0.39 is 0 Å². The molecule has 0 amide bonds. The fourth-order valence-corrected chi connectivity index (χ4v) is 8.19. The smallest absolute Gasteiger partial charge is 0.00617 e. The van der Waals surface area contributed by atoms with Gasteiger partial charge in [-0.3, -0.25) is 0 Å². The quantitative estimate of drug-likeness (QED) is 0.250. The molecule has 0 heterocycles. The summed E-state index contributed by atoms with van der Waals surface area (Å²) in [6.07, 6.45) is 33.7. The average Bonchev–Trinajstić information content (AvgIpc) is 3.08. The minimum Gasteiger partial charge on any atom is -0.330 e. The van der Waals surface area contributed by atoms with E-state index in [-0.39, 0.29) is 0 Å². The molecule has 1 heteroatoms. The SMILES string of the molecule is NCCCCc1cccc([C@H]2C=CC(C3=C4C=CCCC4=C(c4ccc([C@H]5C=CC6=C(C=CCC6)C5)cc4)CC3)CC2)c1. The van der Waals surface area contributed by atoms with E-state index in [1.165, 1.54) is 73.6 Å². The summed E-state index contributed by atoms with van der Waals surface area (Å²) < 4.78 is 0. The fraction of sp³-hybridized carbons (Fsp3) is 0.381. The van der Waals surface area contributed by atoms with Crippen LogP contribution in [0.15, 0.2) is 125 Å². The van der Waals surface area contributed by atoms with Crippen molar-refractivity contribution in [1.29, 1.82) is 0 Å².